The van der Waals surface area contributed by atoms with E-state index in [-0.39, 0.29) is 5.91 Å². The number of benzene rings is 3. The summed E-state index contributed by atoms with van der Waals surface area (Å²) in [5, 5.41) is 6.92. The number of nitrogens with zero attached hydrogens (tertiary/aromatic N) is 2. The van der Waals surface area contributed by atoms with Gasteiger partial charge >= 0.3 is 0 Å². The van der Waals surface area contributed by atoms with Crippen LogP contribution in [0.25, 0.3) is 0 Å². The van der Waals surface area contributed by atoms with Gasteiger partial charge in [-0.05, 0) is 48.9 Å². The quantitative estimate of drug-likeness (QED) is 0.350. The van der Waals surface area contributed by atoms with E-state index in [0.717, 1.165) is 10.6 Å². The standard InChI is InChI=1S/C25H26N4O5S/c1-18(20-11-7-12-21(15-20)26-25(31)19-9-5-4-6-10-19)27-28-24(30)17-29(35(3,32)33)22-13-8-14-23(16-22)34-2/h4-16H,17H2,1-3H3,(H,26,31)(H,28,30)/b27-18-. The molecule has 0 aliphatic heterocycles. The van der Waals surface area contributed by atoms with E-state index < -0.39 is 22.5 Å². The molecule has 9 nitrogen and oxygen atoms in total. The van der Waals surface area contributed by atoms with Crippen molar-refractivity contribution >= 4 is 38.9 Å². The highest BCUT2D eigenvalue weighted by molar-refractivity contribution is 7.92. The van der Waals surface area contributed by atoms with Crippen molar-refractivity contribution in [3.63, 3.8) is 0 Å². The third-order valence-corrected chi connectivity index (χ3v) is 6.09. The van der Waals surface area contributed by atoms with Crippen molar-refractivity contribution < 1.29 is 22.7 Å². The third kappa shape index (κ3) is 7.15. The second kappa shape index (κ2) is 11.3. The molecule has 0 bridgehead atoms. The first-order valence-electron chi connectivity index (χ1n) is 10.6. The number of ether oxygens (including phenoxy) is 1. The number of anilines is 2. The zero-order chi connectivity index (χ0) is 25.4. The van der Waals surface area contributed by atoms with Gasteiger partial charge in [0.1, 0.15) is 12.3 Å². The minimum absolute atomic E-state index is 0.246. The number of hydrogen-bond donors (Lipinski definition) is 2. The Labute approximate surface area is 204 Å². The van der Waals surface area contributed by atoms with Crippen LogP contribution in [-0.4, -0.2) is 45.9 Å². The SMILES string of the molecule is COc1cccc(N(CC(=O)N/N=C(/C)c2cccc(NC(=O)c3ccccc3)c2)S(C)(=O)=O)c1. The van der Waals surface area contributed by atoms with Crippen LogP contribution in [0.15, 0.2) is 84.0 Å². The van der Waals surface area contributed by atoms with E-state index in [0.29, 0.717) is 34.0 Å². The molecular formula is C25H26N4O5S. The minimum Gasteiger partial charge on any atom is -0.497 e. The van der Waals surface area contributed by atoms with Gasteiger partial charge < -0.3 is 10.1 Å². The predicted octanol–water partition coefficient (Wildman–Crippen LogP) is 3.25. The summed E-state index contributed by atoms with van der Waals surface area (Å²) in [7, 11) is -2.27. The van der Waals surface area contributed by atoms with Gasteiger partial charge in [0.2, 0.25) is 10.0 Å². The number of rotatable bonds is 9. The summed E-state index contributed by atoms with van der Waals surface area (Å²) in [5.41, 5.74) is 4.93. The minimum atomic E-state index is -3.74. The Hall–Kier alpha value is -4.18. The van der Waals surface area contributed by atoms with Crippen LogP contribution in [0.4, 0.5) is 11.4 Å². The van der Waals surface area contributed by atoms with Gasteiger partial charge in [0.25, 0.3) is 11.8 Å². The summed E-state index contributed by atoms with van der Waals surface area (Å²) < 4.78 is 30.7. The third-order valence-electron chi connectivity index (χ3n) is 4.95. The molecule has 0 aliphatic carbocycles. The van der Waals surface area contributed by atoms with Crippen LogP contribution < -0.4 is 19.8 Å². The molecule has 0 fully saturated rings. The van der Waals surface area contributed by atoms with Crippen LogP contribution in [0.5, 0.6) is 5.75 Å². The van der Waals surface area contributed by atoms with Crippen LogP contribution in [0.2, 0.25) is 0 Å². The van der Waals surface area contributed by atoms with Gasteiger partial charge in [-0.1, -0.05) is 36.4 Å². The van der Waals surface area contributed by atoms with E-state index in [2.05, 4.69) is 15.8 Å². The molecule has 0 heterocycles. The topological polar surface area (TPSA) is 117 Å². The average molecular weight is 495 g/mol. The number of nitrogens with one attached hydrogen (secondary N) is 2. The average Bonchev–Trinajstić information content (AvgIpc) is 2.85. The molecule has 10 heteroatoms. The first kappa shape index (κ1) is 25.4. The van der Waals surface area contributed by atoms with Gasteiger partial charge in [-0.25, -0.2) is 13.8 Å². The molecule has 35 heavy (non-hydrogen) atoms. The molecule has 0 aliphatic rings. The smallest absolute Gasteiger partial charge is 0.260 e. The summed E-state index contributed by atoms with van der Waals surface area (Å²) in [6, 6.07) is 22.2. The maximum atomic E-state index is 12.5. The Balaban J connectivity index is 1.69. The number of carbonyl (C=O) groups excluding carboxylic acids is 2. The molecule has 3 rings (SSSR count). The molecule has 3 aromatic carbocycles. The zero-order valence-electron chi connectivity index (χ0n) is 19.6. The van der Waals surface area contributed by atoms with E-state index in [1.54, 1.807) is 73.7 Å². The molecule has 0 saturated heterocycles. The van der Waals surface area contributed by atoms with Crippen molar-refractivity contribution in [1.82, 2.24) is 5.43 Å². The van der Waals surface area contributed by atoms with Crippen molar-refractivity contribution in [3.8, 4) is 5.75 Å². The highest BCUT2D eigenvalue weighted by Gasteiger charge is 2.21. The lowest BCUT2D eigenvalue weighted by Crippen LogP contribution is -2.39. The lowest BCUT2D eigenvalue weighted by atomic mass is 10.1. The van der Waals surface area contributed by atoms with Crippen LogP contribution in [0.1, 0.15) is 22.8 Å². The van der Waals surface area contributed by atoms with E-state index in [1.807, 2.05) is 6.07 Å². The molecule has 2 N–H and O–H groups in total. The summed E-state index contributed by atoms with van der Waals surface area (Å²) in [5.74, 6) is -0.403. The molecule has 0 spiro atoms. The fraction of sp³-hybridized carbons (Fsp3) is 0.160. The van der Waals surface area contributed by atoms with Gasteiger partial charge in [0, 0.05) is 17.3 Å². The Morgan fingerprint density at radius 3 is 2.31 bits per heavy atom. The normalized spacial score (nSPS) is 11.5. The Bertz CT molecular complexity index is 1340. The maximum absolute atomic E-state index is 12.5. The molecule has 3 aromatic rings. The zero-order valence-corrected chi connectivity index (χ0v) is 20.4. The number of amides is 2. The van der Waals surface area contributed by atoms with Crippen molar-refractivity contribution in [3.05, 3.63) is 90.0 Å². The van der Waals surface area contributed by atoms with Crippen LogP contribution in [0.3, 0.4) is 0 Å². The fourth-order valence-corrected chi connectivity index (χ4v) is 4.01. The second-order valence-corrected chi connectivity index (χ2v) is 9.51. The van der Waals surface area contributed by atoms with Gasteiger partial charge in [-0.3, -0.25) is 13.9 Å². The Morgan fingerprint density at radius 1 is 0.943 bits per heavy atom. The number of methoxy groups -OCH3 is 1. The number of hydrazone groups is 1. The molecule has 2 amide bonds. The maximum Gasteiger partial charge on any atom is 0.260 e. The van der Waals surface area contributed by atoms with Gasteiger partial charge in [0.15, 0.2) is 0 Å². The monoisotopic (exact) mass is 494 g/mol. The summed E-state index contributed by atoms with van der Waals surface area (Å²) in [6.07, 6.45) is 1.02. The van der Waals surface area contributed by atoms with Crippen molar-refractivity contribution in [2.45, 2.75) is 6.92 Å². The van der Waals surface area contributed by atoms with Crippen molar-refractivity contribution in [2.75, 3.05) is 29.5 Å². The lowest BCUT2D eigenvalue weighted by molar-refractivity contribution is -0.119. The van der Waals surface area contributed by atoms with Crippen LogP contribution in [-0.2, 0) is 14.8 Å². The van der Waals surface area contributed by atoms with Crippen LogP contribution in [0, 0.1) is 0 Å². The van der Waals surface area contributed by atoms with E-state index in [4.69, 9.17) is 4.74 Å². The first-order chi connectivity index (χ1) is 16.7. The van der Waals surface area contributed by atoms with Crippen molar-refractivity contribution in [2.24, 2.45) is 5.10 Å². The second-order valence-electron chi connectivity index (χ2n) is 7.60. The summed E-state index contributed by atoms with van der Waals surface area (Å²) in [6.45, 7) is 1.23. The lowest BCUT2D eigenvalue weighted by Gasteiger charge is -2.21. The van der Waals surface area contributed by atoms with Gasteiger partial charge in [0.05, 0.1) is 24.8 Å². The van der Waals surface area contributed by atoms with Crippen LogP contribution >= 0.6 is 0 Å². The fourth-order valence-electron chi connectivity index (χ4n) is 3.16. The Kier molecular flexibility index (Phi) is 8.21. The van der Waals surface area contributed by atoms with Gasteiger partial charge in [-0.2, -0.15) is 5.10 Å². The van der Waals surface area contributed by atoms with E-state index in [1.165, 1.54) is 13.2 Å². The molecule has 0 aromatic heterocycles. The molecule has 0 unspecified atom stereocenters. The Morgan fingerprint density at radius 2 is 1.63 bits per heavy atom. The molecule has 182 valence electrons. The first-order valence-corrected chi connectivity index (χ1v) is 12.4. The van der Waals surface area contributed by atoms with Gasteiger partial charge in [-0.15, -0.1) is 0 Å². The number of carbonyl (C=O) groups is 2. The van der Waals surface area contributed by atoms with E-state index >= 15 is 0 Å². The molecule has 0 atom stereocenters. The molecular weight excluding hydrogens is 468 g/mol. The number of sulfonamides is 1. The molecule has 0 radical (unpaired) electrons. The highest BCUT2D eigenvalue weighted by atomic mass is 32.2. The summed E-state index contributed by atoms with van der Waals surface area (Å²) in [4.78, 5) is 24.9. The number of hydrogen-bond acceptors (Lipinski definition) is 6. The molecule has 0 saturated carbocycles. The summed E-state index contributed by atoms with van der Waals surface area (Å²) >= 11 is 0. The van der Waals surface area contributed by atoms with E-state index in [9.17, 15) is 18.0 Å². The highest BCUT2D eigenvalue weighted by Crippen LogP contribution is 2.22. The predicted molar refractivity (Wildman–Crippen MR) is 136 cm³/mol. The largest absolute Gasteiger partial charge is 0.497 e. The van der Waals surface area contributed by atoms with Crippen molar-refractivity contribution in [1.29, 1.82) is 0 Å².